The van der Waals surface area contributed by atoms with Crippen molar-refractivity contribution in [3.05, 3.63) is 68.9 Å². The van der Waals surface area contributed by atoms with Crippen molar-refractivity contribution in [3.63, 3.8) is 0 Å². The molecule has 0 radical (unpaired) electrons. The molecule has 3 heterocycles. The van der Waals surface area contributed by atoms with Gasteiger partial charge < -0.3 is 4.90 Å². The first kappa shape index (κ1) is 23.6. The van der Waals surface area contributed by atoms with Crippen LogP contribution >= 0.6 is 11.3 Å². The van der Waals surface area contributed by atoms with Crippen LogP contribution in [0.2, 0.25) is 0 Å². The third-order valence-electron chi connectivity index (χ3n) is 6.09. The molecule has 3 aromatic rings. The molecule has 0 aliphatic carbocycles. The summed E-state index contributed by atoms with van der Waals surface area (Å²) in [5, 5.41) is 7.90. The van der Waals surface area contributed by atoms with Crippen molar-refractivity contribution in [1.82, 2.24) is 24.6 Å². The predicted octanol–water partition coefficient (Wildman–Crippen LogP) is 4.65. The summed E-state index contributed by atoms with van der Waals surface area (Å²) in [5.74, 6) is 0.123. The summed E-state index contributed by atoms with van der Waals surface area (Å²) in [4.78, 5) is 22.4. The van der Waals surface area contributed by atoms with Gasteiger partial charge in [0.2, 0.25) is 0 Å². The van der Waals surface area contributed by atoms with E-state index in [-0.39, 0.29) is 11.3 Å². The lowest BCUT2D eigenvalue weighted by atomic mass is 9.98. The van der Waals surface area contributed by atoms with Gasteiger partial charge in [-0.2, -0.15) is 5.10 Å². The van der Waals surface area contributed by atoms with E-state index in [1.54, 1.807) is 11.3 Å². The molecule has 0 N–H and O–H groups in total. The lowest BCUT2D eigenvalue weighted by molar-refractivity contribution is 0.0761. The third-order valence-corrected chi connectivity index (χ3v) is 7.41. The van der Waals surface area contributed by atoms with Gasteiger partial charge in [0.1, 0.15) is 0 Å². The smallest absolute Gasteiger partial charge is 0.253 e. The van der Waals surface area contributed by atoms with E-state index in [2.05, 4.69) is 49.1 Å². The second-order valence-electron chi connectivity index (χ2n) is 10.1. The van der Waals surface area contributed by atoms with Gasteiger partial charge in [-0.3, -0.25) is 14.4 Å². The number of aryl methyl sites for hydroxylation is 2. The van der Waals surface area contributed by atoms with Crippen LogP contribution in [0.4, 0.5) is 0 Å². The largest absolute Gasteiger partial charge is 0.337 e. The van der Waals surface area contributed by atoms with Crippen LogP contribution in [0.25, 0.3) is 0 Å². The van der Waals surface area contributed by atoms with Gasteiger partial charge >= 0.3 is 0 Å². The molecule has 33 heavy (non-hydrogen) atoms. The van der Waals surface area contributed by atoms with Crippen LogP contribution in [-0.2, 0) is 18.5 Å². The molecular weight excluding hydrogens is 430 g/mol. The van der Waals surface area contributed by atoms with E-state index < -0.39 is 0 Å². The molecule has 1 aromatic carbocycles. The maximum absolute atomic E-state index is 13.1. The third kappa shape index (κ3) is 5.89. The first-order chi connectivity index (χ1) is 15.7. The first-order valence-electron chi connectivity index (χ1n) is 11.8. The van der Waals surface area contributed by atoms with Gasteiger partial charge in [-0.15, -0.1) is 11.3 Å². The number of nitrogens with zero attached hydrogens (tertiary/aromatic N) is 5. The maximum atomic E-state index is 13.1. The Hall–Kier alpha value is -2.51. The molecule has 176 valence electrons. The fourth-order valence-electron chi connectivity index (χ4n) is 4.23. The average Bonchev–Trinajstić information content (AvgIpc) is 3.27. The molecular formula is C26H35N5OS. The number of amides is 1. The van der Waals surface area contributed by atoms with E-state index in [1.807, 2.05) is 40.8 Å². The second kappa shape index (κ2) is 9.77. The number of rotatable bonds is 5. The summed E-state index contributed by atoms with van der Waals surface area (Å²) in [6.07, 6.45) is 0.984. The summed E-state index contributed by atoms with van der Waals surface area (Å²) < 4.78 is 2.00. The highest BCUT2D eigenvalue weighted by molar-refractivity contribution is 7.09. The summed E-state index contributed by atoms with van der Waals surface area (Å²) in [7, 11) is 0. The van der Waals surface area contributed by atoms with E-state index >= 15 is 0 Å². The van der Waals surface area contributed by atoms with Crippen molar-refractivity contribution in [3.8, 4) is 0 Å². The molecule has 0 bridgehead atoms. The van der Waals surface area contributed by atoms with Gasteiger partial charge in [-0.1, -0.05) is 32.9 Å². The lowest BCUT2D eigenvalue weighted by Crippen LogP contribution is -2.35. The number of hydrogen-bond acceptors (Lipinski definition) is 5. The molecule has 1 saturated heterocycles. The van der Waals surface area contributed by atoms with Crippen LogP contribution < -0.4 is 0 Å². The zero-order valence-corrected chi connectivity index (χ0v) is 21.3. The van der Waals surface area contributed by atoms with E-state index in [1.165, 1.54) is 5.01 Å². The van der Waals surface area contributed by atoms with Gasteiger partial charge in [-0.25, -0.2) is 4.98 Å². The minimum absolute atomic E-state index is 0.0939. The molecule has 6 nitrogen and oxygen atoms in total. The normalized spacial score (nSPS) is 15.6. The van der Waals surface area contributed by atoms with Crippen molar-refractivity contribution in [2.75, 3.05) is 26.2 Å². The first-order valence-corrected chi connectivity index (χ1v) is 12.6. The number of aromatic nitrogens is 3. The lowest BCUT2D eigenvalue weighted by Gasteiger charge is -2.22. The second-order valence-corrected chi connectivity index (χ2v) is 11.0. The molecule has 0 unspecified atom stereocenters. The Morgan fingerprint density at radius 3 is 2.42 bits per heavy atom. The zero-order valence-electron chi connectivity index (χ0n) is 20.5. The van der Waals surface area contributed by atoms with Crippen LogP contribution in [0.15, 0.2) is 35.7 Å². The van der Waals surface area contributed by atoms with Crippen LogP contribution in [-0.4, -0.2) is 56.7 Å². The van der Waals surface area contributed by atoms with Crippen LogP contribution in [0.1, 0.15) is 65.2 Å². The van der Waals surface area contributed by atoms with Crippen molar-refractivity contribution in [2.45, 2.75) is 59.5 Å². The highest BCUT2D eigenvalue weighted by atomic mass is 32.1. The number of thiazole rings is 1. The highest BCUT2D eigenvalue weighted by Gasteiger charge is 2.22. The Balaban J connectivity index is 1.33. The molecule has 2 aromatic heterocycles. The Kier molecular flexibility index (Phi) is 7.00. The Morgan fingerprint density at radius 2 is 1.79 bits per heavy atom. The zero-order chi connectivity index (χ0) is 23.6. The Bertz CT molecular complexity index is 1090. The van der Waals surface area contributed by atoms with E-state index in [0.717, 1.165) is 73.9 Å². The SMILES string of the molecule is Cc1cc(C)n(Cc2ccc(C(=O)N3CCCN(Cc4csc(C(C)(C)C)n4)CC3)cc2)n1. The summed E-state index contributed by atoms with van der Waals surface area (Å²) in [5.41, 5.74) is 5.32. The number of carbonyl (C=O) groups is 1. The van der Waals surface area contributed by atoms with Crippen LogP contribution in [0, 0.1) is 13.8 Å². The quantitative estimate of drug-likeness (QED) is 0.550. The molecule has 7 heteroatoms. The van der Waals surface area contributed by atoms with Crippen molar-refractivity contribution in [2.24, 2.45) is 0 Å². The van der Waals surface area contributed by atoms with E-state index in [4.69, 9.17) is 4.98 Å². The van der Waals surface area contributed by atoms with Crippen molar-refractivity contribution < 1.29 is 4.79 Å². The number of carbonyl (C=O) groups excluding carboxylic acids is 1. The van der Waals surface area contributed by atoms with E-state index in [0.29, 0.717) is 0 Å². The minimum Gasteiger partial charge on any atom is -0.337 e. The monoisotopic (exact) mass is 465 g/mol. The molecule has 0 atom stereocenters. The predicted molar refractivity (Wildman–Crippen MR) is 134 cm³/mol. The standard InChI is InChI=1S/C26H35N5OS/c1-19-15-20(2)31(28-19)16-21-7-9-22(10-8-21)24(32)30-12-6-11-29(13-14-30)17-23-18-33-25(27-23)26(3,4)5/h7-10,15,18H,6,11-14,16-17H2,1-5H3. The number of hydrogen-bond donors (Lipinski definition) is 0. The van der Waals surface area contributed by atoms with Crippen molar-refractivity contribution in [1.29, 1.82) is 0 Å². The maximum Gasteiger partial charge on any atom is 0.253 e. The van der Waals surface area contributed by atoms with Crippen LogP contribution in [0.5, 0.6) is 0 Å². The summed E-state index contributed by atoms with van der Waals surface area (Å²) >= 11 is 1.75. The topological polar surface area (TPSA) is 54.3 Å². The van der Waals surface area contributed by atoms with Gasteiger partial charge in [0.05, 0.1) is 22.9 Å². The van der Waals surface area contributed by atoms with Gasteiger partial charge in [0.25, 0.3) is 5.91 Å². The highest BCUT2D eigenvalue weighted by Crippen LogP contribution is 2.26. The molecule has 1 aliphatic rings. The minimum atomic E-state index is 0.0939. The van der Waals surface area contributed by atoms with Crippen molar-refractivity contribution >= 4 is 17.2 Å². The number of benzene rings is 1. The van der Waals surface area contributed by atoms with Crippen LogP contribution in [0.3, 0.4) is 0 Å². The Morgan fingerprint density at radius 1 is 1.03 bits per heavy atom. The van der Waals surface area contributed by atoms with E-state index in [9.17, 15) is 4.79 Å². The van der Waals surface area contributed by atoms with Gasteiger partial charge in [0, 0.05) is 54.8 Å². The summed E-state index contributed by atoms with van der Waals surface area (Å²) in [6.45, 7) is 15.7. The van der Waals surface area contributed by atoms with Gasteiger partial charge in [-0.05, 0) is 44.0 Å². The molecule has 4 rings (SSSR count). The molecule has 1 fully saturated rings. The fraction of sp³-hybridized carbons (Fsp3) is 0.500. The average molecular weight is 466 g/mol. The van der Waals surface area contributed by atoms with Gasteiger partial charge in [0.15, 0.2) is 0 Å². The Labute approximate surface area is 201 Å². The molecule has 0 spiro atoms. The summed E-state index contributed by atoms with van der Waals surface area (Å²) in [6, 6.07) is 10.1. The molecule has 0 saturated carbocycles. The fourth-order valence-corrected chi connectivity index (χ4v) is 5.13. The molecule has 1 amide bonds. The molecule has 1 aliphatic heterocycles.